The number of fused-ring (bicyclic) bond motifs is 1. The summed E-state index contributed by atoms with van der Waals surface area (Å²) in [4.78, 5) is 18.9. The molecule has 2 aromatic rings. The number of rotatable bonds is 9. The molecule has 11 heteroatoms. The minimum absolute atomic E-state index is 0.0804. The van der Waals surface area contributed by atoms with E-state index >= 15 is 4.39 Å². The van der Waals surface area contributed by atoms with E-state index < -0.39 is 24.6 Å². The van der Waals surface area contributed by atoms with Gasteiger partial charge in [0, 0.05) is 56.5 Å². The number of halogens is 4. The lowest BCUT2D eigenvalue weighted by atomic mass is 9.81. The number of carbonyl (C=O) groups is 1. The van der Waals surface area contributed by atoms with Crippen LogP contribution in [0.15, 0.2) is 18.3 Å². The molecule has 3 heterocycles. The molecule has 198 valence electrons. The zero-order valence-electron chi connectivity index (χ0n) is 20.5. The van der Waals surface area contributed by atoms with Crippen molar-refractivity contribution in [1.29, 1.82) is 0 Å². The van der Waals surface area contributed by atoms with E-state index in [9.17, 15) is 18.0 Å². The van der Waals surface area contributed by atoms with Crippen LogP contribution in [0.5, 0.6) is 5.88 Å². The second-order valence-corrected chi connectivity index (χ2v) is 9.80. The zero-order valence-corrected chi connectivity index (χ0v) is 20.5. The maximum atomic E-state index is 15.5. The third-order valence-electron chi connectivity index (χ3n) is 7.17. The van der Waals surface area contributed by atoms with Gasteiger partial charge in [-0.3, -0.25) is 4.79 Å². The van der Waals surface area contributed by atoms with E-state index in [1.54, 1.807) is 6.07 Å². The summed E-state index contributed by atoms with van der Waals surface area (Å²) in [6.07, 6.45) is 2.41. The lowest BCUT2D eigenvalue weighted by Gasteiger charge is -2.35. The number of nitrogens with zero attached hydrogens (tertiary/aromatic N) is 4. The smallest absolute Gasteiger partial charge is 0.272 e. The first-order valence-electron chi connectivity index (χ1n) is 12.5. The Morgan fingerprint density at radius 2 is 2.00 bits per heavy atom. The number of aromatic nitrogens is 3. The van der Waals surface area contributed by atoms with Gasteiger partial charge in [-0.1, -0.05) is 6.07 Å². The van der Waals surface area contributed by atoms with E-state index in [0.717, 1.165) is 35.4 Å². The highest BCUT2D eigenvalue weighted by Gasteiger charge is 2.36. The van der Waals surface area contributed by atoms with Crippen molar-refractivity contribution in [2.45, 2.75) is 69.5 Å². The summed E-state index contributed by atoms with van der Waals surface area (Å²) in [7, 11) is 1.48. The zero-order chi connectivity index (χ0) is 25.7. The molecule has 0 aromatic carbocycles. The molecule has 1 saturated carbocycles. The van der Waals surface area contributed by atoms with Crippen LogP contribution in [-0.4, -0.2) is 69.9 Å². The van der Waals surface area contributed by atoms with Crippen molar-refractivity contribution < 1.29 is 27.1 Å². The summed E-state index contributed by atoms with van der Waals surface area (Å²) < 4.78 is 60.3. The molecule has 1 amide bonds. The first-order chi connectivity index (χ1) is 17.2. The van der Waals surface area contributed by atoms with Crippen molar-refractivity contribution in [3.8, 4) is 5.88 Å². The Labute approximate surface area is 208 Å². The van der Waals surface area contributed by atoms with Gasteiger partial charge in [0.1, 0.15) is 5.67 Å². The van der Waals surface area contributed by atoms with Crippen LogP contribution >= 0.6 is 0 Å². The van der Waals surface area contributed by atoms with Crippen LogP contribution in [0, 0.1) is 5.95 Å². The summed E-state index contributed by atoms with van der Waals surface area (Å²) in [6.45, 7) is 1.45. The SMILES string of the molecule is Cn1ncc(CC(=O)N[C@H]2CC[C@](F)(CCN3CCc4ccc(OCC(F)F)nc4CC3)CC2)c1F. The van der Waals surface area contributed by atoms with Gasteiger partial charge in [0.2, 0.25) is 17.7 Å². The Kier molecular flexibility index (Phi) is 8.48. The first-order valence-corrected chi connectivity index (χ1v) is 12.5. The minimum atomic E-state index is -2.54. The number of carbonyl (C=O) groups excluding carboxylic acids is 1. The highest BCUT2D eigenvalue weighted by atomic mass is 19.3. The fourth-order valence-corrected chi connectivity index (χ4v) is 4.99. The Balaban J connectivity index is 1.20. The van der Waals surface area contributed by atoms with Crippen molar-refractivity contribution in [1.82, 2.24) is 25.0 Å². The Bertz CT molecular complexity index is 1040. The second kappa shape index (κ2) is 11.6. The van der Waals surface area contributed by atoms with Crippen LogP contribution in [0.1, 0.15) is 48.9 Å². The van der Waals surface area contributed by atoms with Crippen molar-refractivity contribution in [2.75, 3.05) is 26.2 Å². The Morgan fingerprint density at radius 3 is 2.69 bits per heavy atom. The van der Waals surface area contributed by atoms with E-state index in [4.69, 9.17) is 4.74 Å². The molecule has 1 aliphatic heterocycles. The van der Waals surface area contributed by atoms with Gasteiger partial charge in [0.05, 0.1) is 12.6 Å². The lowest BCUT2D eigenvalue weighted by Crippen LogP contribution is -2.43. The molecule has 1 aliphatic carbocycles. The molecule has 0 unspecified atom stereocenters. The summed E-state index contributed by atoms with van der Waals surface area (Å²) in [6, 6.07) is 3.39. The number of ether oxygens (including phenoxy) is 1. The molecule has 0 radical (unpaired) electrons. The van der Waals surface area contributed by atoms with Crippen LogP contribution in [0.25, 0.3) is 0 Å². The monoisotopic (exact) mass is 511 g/mol. The fraction of sp³-hybridized carbons (Fsp3) is 0.640. The topological polar surface area (TPSA) is 72.3 Å². The fourth-order valence-electron chi connectivity index (χ4n) is 4.99. The molecule has 2 aromatic heterocycles. The van der Waals surface area contributed by atoms with Crippen LogP contribution < -0.4 is 10.1 Å². The van der Waals surface area contributed by atoms with E-state index in [0.29, 0.717) is 45.1 Å². The highest BCUT2D eigenvalue weighted by Crippen LogP contribution is 2.35. The van der Waals surface area contributed by atoms with E-state index in [2.05, 4.69) is 20.3 Å². The molecule has 2 aliphatic rings. The Hall–Kier alpha value is -2.69. The average Bonchev–Trinajstić information content (AvgIpc) is 3.04. The number of aryl methyl sites for hydroxylation is 1. The van der Waals surface area contributed by atoms with Crippen LogP contribution in [0.2, 0.25) is 0 Å². The first kappa shape index (κ1) is 26.4. The summed E-state index contributed by atoms with van der Waals surface area (Å²) >= 11 is 0. The van der Waals surface area contributed by atoms with Crippen molar-refractivity contribution in [3.63, 3.8) is 0 Å². The Morgan fingerprint density at radius 1 is 1.25 bits per heavy atom. The van der Waals surface area contributed by atoms with Crippen LogP contribution in [-0.2, 0) is 31.1 Å². The molecule has 7 nitrogen and oxygen atoms in total. The maximum Gasteiger partial charge on any atom is 0.272 e. The quantitative estimate of drug-likeness (QED) is 0.523. The third kappa shape index (κ3) is 6.96. The van der Waals surface area contributed by atoms with Crippen LogP contribution in [0.4, 0.5) is 17.6 Å². The number of hydrogen-bond acceptors (Lipinski definition) is 5. The third-order valence-corrected chi connectivity index (χ3v) is 7.17. The number of hydrogen-bond donors (Lipinski definition) is 1. The molecule has 0 spiro atoms. The standard InChI is InChI=1S/C25H33F4N5O2/c1-33-24(28)18(15-30-33)14-22(35)31-19-4-8-25(29,9-5-19)10-13-34-11-6-17-2-3-23(36-16-21(26)27)32-20(17)7-12-34/h2-3,15,19,21H,4-14,16H2,1H3,(H,31,35)/t19-,25+. The van der Waals surface area contributed by atoms with Gasteiger partial charge in [-0.25, -0.2) is 22.8 Å². The van der Waals surface area contributed by atoms with Gasteiger partial charge >= 0.3 is 0 Å². The van der Waals surface area contributed by atoms with Gasteiger partial charge < -0.3 is 15.0 Å². The minimum Gasteiger partial charge on any atom is -0.472 e. The van der Waals surface area contributed by atoms with Crippen LogP contribution in [0.3, 0.4) is 0 Å². The summed E-state index contributed by atoms with van der Waals surface area (Å²) in [5.41, 5.74) is 0.892. The average molecular weight is 512 g/mol. The molecule has 0 bridgehead atoms. The number of amides is 1. The van der Waals surface area contributed by atoms with Gasteiger partial charge in [0.15, 0.2) is 6.61 Å². The number of alkyl halides is 3. The molecular weight excluding hydrogens is 478 g/mol. The number of nitrogens with one attached hydrogen (secondary N) is 1. The van der Waals surface area contributed by atoms with Gasteiger partial charge in [-0.2, -0.15) is 9.49 Å². The summed E-state index contributed by atoms with van der Waals surface area (Å²) in [5, 5.41) is 6.71. The van der Waals surface area contributed by atoms with E-state index in [1.807, 2.05) is 6.07 Å². The largest absolute Gasteiger partial charge is 0.472 e. The second-order valence-electron chi connectivity index (χ2n) is 9.80. The molecule has 0 atom stereocenters. The van der Waals surface area contributed by atoms with Gasteiger partial charge in [-0.05, 0) is 44.1 Å². The van der Waals surface area contributed by atoms with Gasteiger partial charge in [-0.15, -0.1) is 0 Å². The number of pyridine rings is 1. The van der Waals surface area contributed by atoms with Crippen molar-refractivity contribution >= 4 is 5.91 Å². The van der Waals surface area contributed by atoms with Crippen molar-refractivity contribution in [3.05, 3.63) is 41.1 Å². The van der Waals surface area contributed by atoms with Gasteiger partial charge in [0.25, 0.3) is 6.43 Å². The molecule has 1 N–H and O–H groups in total. The predicted octanol–water partition coefficient (Wildman–Crippen LogP) is 3.40. The van der Waals surface area contributed by atoms with E-state index in [-0.39, 0.29) is 29.8 Å². The van der Waals surface area contributed by atoms with Crippen molar-refractivity contribution in [2.24, 2.45) is 7.05 Å². The summed E-state index contributed by atoms with van der Waals surface area (Å²) in [5.74, 6) is -0.595. The maximum absolute atomic E-state index is 15.5. The molecule has 36 heavy (non-hydrogen) atoms. The van der Waals surface area contributed by atoms with E-state index in [1.165, 1.54) is 13.2 Å². The normalized spacial score (nSPS) is 22.8. The molecular formula is C25H33F4N5O2. The lowest BCUT2D eigenvalue weighted by molar-refractivity contribution is -0.121. The molecule has 1 fully saturated rings. The molecule has 4 rings (SSSR count). The predicted molar refractivity (Wildman–Crippen MR) is 125 cm³/mol. The molecule has 0 saturated heterocycles. The highest BCUT2D eigenvalue weighted by molar-refractivity contribution is 5.78.